The zero-order valence-electron chi connectivity index (χ0n) is 15.1. The molecule has 0 atom stereocenters. The van der Waals surface area contributed by atoms with E-state index in [9.17, 15) is 4.79 Å². The second kappa shape index (κ2) is 8.73. The molecule has 2 aromatic carbocycles. The van der Waals surface area contributed by atoms with E-state index in [1.54, 1.807) is 0 Å². The van der Waals surface area contributed by atoms with Gasteiger partial charge in [0.05, 0.1) is 11.7 Å². The second-order valence-corrected chi connectivity index (χ2v) is 8.75. The van der Waals surface area contributed by atoms with E-state index in [4.69, 9.17) is 10.5 Å². The van der Waals surface area contributed by atoms with Crippen molar-refractivity contribution in [3.05, 3.63) is 48.0 Å². The molecule has 26 heavy (non-hydrogen) atoms. The Morgan fingerprint density at radius 3 is 2.58 bits per heavy atom. The number of ether oxygens (including phenoxy) is 1. The van der Waals surface area contributed by atoms with Crippen LogP contribution in [0.2, 0.25) is 0 Å². The highest BCUT2D eigenvalue weighted by molar-refractivity contribution is 8.19. The molecule has 0 saturated carbocycles. The Morgan fingerprint density at radius 2 is 1.92 bits per heavy atom. The fraction of sp³-hybridized carbons (Fsp3) is 0.350. The summed E-state index contributed by atoms with van der Waals surface area (Å²) >= 11 is 3.96. The second-order valence-electron chi connectivity index (χ2n) is 6.02. The molecule has 0 spiro atoms. The lowest BCUT2D eigenvalue weighted by atomic mass is 9.98. The first-order valence-corrected chi connectivity index (χ1v) is 10.8. The molecule has 0 amide bonds. The van der Waals surface area contributed by atoms with Gasteiger partial charge in [0, 0.05) is 35.0 Å². The van der Waals surface area contributed by atoms with Crippen molar-refractivity contribution in [2.24, 2.45) is 0 Å². The third-order valence-corrected chi connectivity index (χ3v) is 7.53. The van der Waals surface area contributed by atoms with Gasteiger partial charge in [-0.05, 0) is 36.2 Å². The molecular formula is C20H24N2O2S2. The maximum atomic E-state index is 11.7. The van der Waals surface area contributed by atoms with Gasteiger partial charge < -0.3 is 15.4 Å². The summed E-state index contributed by atoms with van der Waals surface area (Å²) in [5.41, 5.74) is 11.6. The molecule has 4 nitrogen and oxygen atoms in total. The van der Waals surface area contributed by atoms with Crippen LogP contribution in [0.15, 0.2) is 42.5 Å². The molecular weight excluding hydrogens is 364 g/mol. The molecule has 1 heterocycles. The number of nitrogen functional groups attached to an aromatic ring is 1. The number of nitrogens with two attached hydrogens (primary N) is 1. The summed E-state index contributed by atoms with van der Waals surface area (Å²) < 4.78 is 5.26. The fourth-order valence-electron chi connectivity index (χ4n) is 3.07. The van der Waals surface area contributed by atoms with Crippen LogP contribution >= 0.6 is 23.5 Å². The number of carbonyl (C=O) groups is 1. The number of thioether (sulfide) groups is 2. The van der Waals surface area contributed by atoms with Crippen molar-refractivity contribution >= 4 is 40.9 Å². The fourth-order valence-corrected chi connectivity index (χ4v) is 6.00. The number of nitrogens with zero attached hydrogens (tertiary/aromatic N) is 1. The average Bonchev–Trinajstić information content (AvgIpc) is 3.20. The number of hydrogen-bond donors (Lipinski definition) is 1. The van der Waals surface area contributed by atoms with E-state index < -0.39 is 0 Å². The quantitative estimate of drug-likeness (QED) is 0.584. The first kappa shape index (κ1) is 19.0. The van der Waals surface area contributed by atoms with Gasteiger partial charge in [-0.1, -0.05) is 24.3 Å². The SMILES string of the molecule is CCN(CC(=O)OC)c1ccc(C2SCCS2)c(-c2ccccc2N)c1. The summed E-state index contributed by atoms with van der Waals surface area (Å²) in [6, 6.07) is 14.4. The van der Waals surface area contributed by atoms with Crippen LogP contribution in [0, 0.1) is 0 Å². The van der Waals surface area contributed by atoms with Crippen molar-refractivity contribution in [2.45, 2.75) is 11.5 Å². The number of benzene rings is 2. The third kappa shape index (κ3) is 4.13. The van der Waals surface area contributed by atoms with Gasteiger partial charge in [-0.25, -0.2) is 0 Å². The summed E-state index contributed by atoms with van der Waals surface area (Å²) in [5.74, 6) is 2.10. The van der Waals surface area contributed by atoms with Crippen molar-refractivity contribution in [3.8, 4) is 11.1 Å². The zero-order valence-corrected chi connectivity index (χ0v) is 16.7. The van der Waals surface area contributed by atoms with Crippen LogP contribution in [-0.4, -0.2) is 37.7 Å². The number of esters is 1. The van der Waals surface area contributed by atoms with Crippen LogP contribution in [0.25, 0.3) is 11.1 Å². The largest absolute Gasteiger partial charge is 0.468 e. The van der Waals surface area contributed by atoms with E-state index in [2.05, 4.69) is 24.3 Å². The minimum absolute atomic E-state index is 0.237. The number of carbonyl (C=O) groups excluding carboxylic acids is 1. The first-order valence-electron chi connectivity index (χ1n) is 8.67. The lowest BCUT2D eigenvalue weighted by Gasteiger charge is -2.24. The van der Waals surface area contributed by atoms with Crippen LogP contribution in [-0.2, 0) is 9.53 Å². The number of methoxy groups -OCH3 is 1. The van der Waals surface area contributed by atoms with Gasteiger partial charge in [-0.2, -0.15) is 0 Å². The normalized spacial score (nSPS) is 14.4. The van der Waals surface area contributed by atoms with Gasteiger partial charge in [0.2, 0.25) is 0 Å². The number of likely N-dealkylation sites (N-methyl/N-ethyl adjacent to an activating group) is 1. The van der Waals surface area contributed by atoms with E-state index in [1.165, 1.54) is 24.2 Å². The monoisotopic (exact) mass is 388 g/mol. The van der Waals surface area contributed by atoms with Crippen molar-refractivity contribution in [2.75, 3.05) is 42.3 Å². The van der Waals surface area contributed by atoms with Crippen LogP contribution in [0.4, 0.5) is 11.4 Å². The zero-order chi connectivity index (χ0) is 18.5. The molecule has 2 aromatic rings. The van der Waals surface area contributed by atoms with Gasteiger partial charge in [-0.15, -0.1) is 23.5 Å². The molecule has 1 saturated heterocycles. The summed E-state index contributed by atoms with van der Waals surface area (Å²) in [4.78, 5) is 13.8. The molecule has 1 fully saturated rings. The van der Waals surface area contributed by atoms with E-state index in [0.717, 1.165) is 29.0 Å². The molecule has 0 unspecified atom stereocenters. The molecule has 138 valence electrons. The van der Waals surface area contributed by atoms with Crippen molar-refractivity contribution in [3.63, 3.8) is 0 Å². The Kier molecular flexibility index (Phi) is 6.38. The van der Waals surface area contributed by atoms with Crippen LogP contribution < -0.4 is 10.6 Å². The van der Waals surface area contributed by atoms with Crippen molar-refractivity contribution < 1.29 is 9.53 Å². The lowest BCUT2D eigenvalue weighted by Crippen LogP contribution is -2.30. The van der Waals surface area contributed by atoms with E-state index >= 15 is 0 Å². The molecule has 0 aliphatic carbocycles. The predicted octanol–water partition coefficient (Wildman–Crippen LogP) is 4.41. The minimum Gasteiger partial charge on any atom is -0.468 e. The topological polar surface area (TPSA) is 55.6 Å². The van der Waals surface area contributed by atoms with E-state index in [0.29, 0.717) is 4.58 Å². The Balaban J connectivity index is 2.05. The van der Waals surface area contributed by atoms with Crippen LogP contribution in [0.1, 0.15) is 17.1 Å². The molecule has 1 aliphatic rings. The number of hydrogen-bond acceptors (Lipinski definition) is 6. The standard InChI is InChI=1S/C20H24N2O2S2/c1-3-22(13-19(23)24-2)14-8-9-16(20-25-10-11-26-20)17(12-14)15-6-4-5-7-18(15)21/h4-9,12,20H,3,10-11,13,21H2,1-2H3. The number of para-hydroxylation sites is 1. The molecule has 2 N–H and O–H groups in total. The molecule has 0 radical (unpaired) electrons. The molecule has 3 rings (SSSR count). The first-order chi connectivity index (χ1) is 12.6. The van der Waals surface area contributed by atoms with Crippen molar-refractivity contribution in [1.82, 2.24) is 0 Å². The Morgan fingerprint density at radius 1 is 1.19 bits per heavy atom. The molecule has 6 heteroatoms. The Labute approximate surface area is 163 Å². The van der Waals surface area contributed by atoms with Gasteiger partial charge in [0.15, 0.2) is 0 Å². The average molecular weight is 389 g/mol. The number of rotatable bonds is 6. The highest BCUT2D eigenvalue weighted by atomic mass is 32.2. The maximum Gasteiger partial charge on any atom is 0.325 e. The summed E-state index contributed by atoms with van der Waals surface area (Å²) in [6.07, 6.45) is 0. The van der Waals surface area contributed by atoms with Gasteiger partial charge in [0.1, 0.15) is 6.54 Å². The van der Waals surface area contributed by atoms with Crippen LogP contribution in [0.3, 0.4) is 0 Å². The third-order valence-electron chi connectivity index (χ3n) is 4.46. The smallest absolute Gasteiger partial charge is 0.325 e. The molecule has 1 aliphatic heterocycles. The van der Waals surface area contributed by atoms with Crippen molar-refractivity contribution in [1.29, 1.82) is 0 Å². The molecule has 0 bridgehead atoms. The van der Waals surface area contributed by atoms with Gasteiger partial charge >= 0.3 is 5.97 Å². The molecule has 0 aromatic heterocycles. The maximum absolute atomic E-state index is 11.7. The highest BCUT2D eigenvalue weighted by Gasteiger charge is 2.23. The Bertz CT molecular complexity index is 776. The Hall–Kier alpha value is -1.79. The van der Waals surface area contributed by atoms with Gasteiger partial charge in [0.25, 0.3) is 0 Å². The summed E-state index contributed by atoms with van der Waals surface area (Å²) in [5, 5.41) is 0. The lowest BCUT2D eigenvalue weighted by molar-refractivity contribution is -0.138. The number of anilines is 2. The summed E-state index contributed by atoms with van der Waals surface area (Å²) in [7, 11) is 1.42. The van der Waals surface area contributed by atoms with Gasteiger partial charge in [-0.3, -0.25) is 4.79 Å². The minimum atomic E-state index is -0.237. The van der Waals surface area contributed by atoms with E-state index in [-0.39, 0.29) is 12.5 Å². The van der Waals surface area contributed by atoms with Crippen LogP contribution in [0.5, 0.6) is 0 Å². The summed E-state index contributed by atoms with van der Waals surface area (Å²) in [6.45, 7) is 3.00. The van der Waals surface area contributed by atoms with E-state index in [1.807, 2.05) is 53.5 Å². The predicted molar refractivity (Wildman–Crippen MR) is 114 cm³/mol. The highest BCUT2D eigenvalue weighted by Crippen LogP contribution is 2.49.